The quantitative estimate of drug-likeness (QED) is 0.127. The fraction of sp³-hybridized carbons (Fsp3) is 0.379. The molecular formula is C66H81N5O8. The zero-order valence-electron chi connectivity index (χ0n) is 48.6. The van der Waals surface area contributed by atoms with Crippen LogP contribution in [0.2, 0.25) is 0 Å². The highest BCUT2D eigenvalue weighted by Gasteiger charge is 2.53. The van der Waals surface area contributed by atoms with Crippen molar-refractivity contribution < 1.29 is 38.6 Å². The van der Waals surface area contributed by atoms with Crippen LogP contribution >= 0.6 is 0 Å². The Balaban J connectivity index is 0.000000214. The molecule has 0 unspecified atom stereocenters. The van der Waals surface area contributed by atoms with E-state index in [-0.39, 0.29) is 30.4 Å². The molecule has 2 aliphatic rings. The van der Waals surface area contributed by atoms with Gasteiger partial charge in [0.15, 0.2) is 0 Å². The Labute approximate surface area is 468 Å². The van der Waals surface area contributed by atoms with Gasteiger partial charge in [-0.2, -0.15) is 0 Å². The summed E-state index contributed by atoms with van der Waals surface area (Å²) >= 11 is 0. The van der Waals surface area contributed by atoms with Gasteiger partial charge in [-0.25, -0.2) is 19.4 Å². The normalized spacial score (nSPS) is 17.9. The molecule has 8 rings (SSSR count). The molecule has 6 aromatic carbocycles. The van der Waals surface area contributed by atoms with Gasteiger partial charge in [0.25, 0.3) is 5.91 Å². The van der Waals surface area contributed by atoms with Gasteiger partial charge in [-0.1, -0.05) is 157 Å². The summed E-state index contributed by atoms with van der Waals surface area (Å²) in [6.45, 7) is 27.6. The van der Waals surface area contributed by atoms with Gasteiger partial charge in [0.2, 0.25) is 5.91 Å². The number of hydrogen-bond donors (Lipinski definition) is 2. The molecule has 13 heteroatoms. The number of carbonyl (C=O) groups is 5. The molecule has 4 amide bonds. The molecule has 2 heterocycles. The number of nitrogens with two attached hydrogens (primary N) is 1. The van der Waals surface area contributed by atoms with E-state index in [0.29, 0.717) is 12.8 Å². The van der Waals surface area contributed by atoms with Crippen molar-refractivity contribution in [1.82, 2.24) is 19.6 Å². The summed E-state index contributed by atoms with van der Waals surface area (Å²) in [5.74, 6) is -1.43. The fourth-order valence-corrected chi connectivity index (χ4v) is 10.7. The second-order valence-corrected chi connectivity index (χ2v) is 22.9. The standard InChI is InChI=1S/C32H38N2O3.C25H32N2O3.C9H11NO2/c1-21-18-22(2)28(23(3)19-21)29-33(24(4)26-16-12-9-13-17-26)27(20-25-14-10-8-11-15-25)30(35)34(29)31(36)37-32(5,6)7;1-16-13-17(2)22(18(3)14-16)23-26(19(4)20-11-9-8-10-12-20)15-21(28)27(23)24(29)30-25(5,6)7;10-8(9(11)12)6-7-4-2-1-3-5-7/h8-19,24,27,29H,20H2,1-7H3;8-14,19,23H,15H2,1-7H3;1-5,8H,6,10H2,(H,11,12)/t24-,27-,29+;19-,23+;8-/m111/s1. The number of nitrogens with zero attached hydrogens (tertiary/aromatic N) is 4. The Kier molecular flexibility index (Phi) is 20.0. The molecule has 79 heavy (non-hydrogen) atoms. The average molecular weight is 1070 g/mol. The molecule has 2 fully saturated rings. The van der Waals surface area contributed by atoms with Gasteiger partial charge < -0.3 is 20.3 Å². The second kappa shape index (κ2) is 26.0. The van der Waals surface area contributed by atoms with Crippen molar-refractivity contribution in [2.45, 2.75) is 157 Å². The van der Waals surface area contributed by atoms with E-state index in [9.17, 15) is 24.0 Å². The molecule has 2 saturated heterocycles. The fourth-order valence-electron chi connectivity index (χ4n) is 10.7. The van der Waals surface area contributed by atoms with Crippen LogP contribution in [0.5, 0.6) is 0 Å². The highest BCUT2D eigenvalue weighted by Crippen LogP contribution is 2.45. The van der Waals surface area contributed by atoms with E-state index in [0.717, 1.165) is 66.8 Å². The molecule has 0 saturated carbocycles. The monoisotopic (exact) mass is 1070 g/mol. The van der Waals surface area contributed by atoms with Crippen LogP contribution in [0.3, 0.4) is 0 Å². The zero-order valence-corrected chi connectivity index (χ0v) is 48.6. The Morgan fingerprint density at radius 1 is 0.570 bits per heavy atom. The summed E-state index contributed by atoms with van der Waals surface area (Å²) in [4.78, 5) is 71.5. The molecule has 0 radical (unpaired) electrons. The van der Waals surface area contributed by atoms with Gasteiger partial charge in [0, 0.05) is 12.1 Å². The van der Waals surface area contributed by atoms with Gasteiger partial charge in [-0.3, -0.25) is 24.2 Å². The van der Waals surface area contributed by atoms with Crippen LogP contribution in [0.1, 0.15) is 147 Å². The lowest BCUT2D eigenvalue weighted by atomic mass is 9.94. The zero-order chi connectivity index (χ0) is 58.1. The molecule has 2 aliphatic heterocycles. The van der Waals surface area contributed by atoms with E-state index in [1.54, 1.807) is 0 Å². The minimum absolute atomic E-state index is 0.0484. The smallest absolute Gasteiger partial charge is 0.418 e. The highest BCUT2D eigenvalue weighted by molar-refractivity contribution is 5.98. The van der Waals surface area contributed by atoms with Crippen molar-refractivity contribution in [1.29, 1.82) is 0 Å². The van der Waals surface area contributed by atoms with E-state index in [2.05, 4.69) is 99.9 Å². The van der Waals surface area contributed by atoms with Crippen molar-refractivity contribution in [3.05, 3.63) is 212 Å². The number of imide groups is 2. The van der Waals surface area contributed by atoms with Crippen molar-refractivity contribution >= 4 is 30.0 Å². The topological polar surface area (TPSA) is 163 Å². The molecule has 418 valence electrons. The summed E-state index contributed by atoms with van der Waals surface area (Å²) in [6.07, 6.45) is -1.43. The number of aryl methyl sites for hydroxylation is 6. The Morgan fingerprint density at radius 2 is 0.949 bits per heavy atom. The summed E-state index contributed by atoms with van der Waals surface area (Å²) in [6, 6.07) is 46.5. The molecule has 6 atom stereocenters. The number of ether oxygens (including phenoxy) is 2. The predicted octanol–water partition coefficient (Wildman–Crippen LogP) is 13.2. The van der Waals surface area contributed by atoms with Crippen LogP contribution in [0.4, 0.5) is 9.59 Å². The summed E-state index contributed by atoms with van der Waals surface area (Å²) in [7, 11) is 0. The molecule has 6 aromatic rings. The summed E-state index contributed by atoms with van der Waals surface area (Å²) in [5, 5.41) is 8.52. The Bertz CT molecular complexity index is 3020. The van der Waals surface area contributed by atoms with E-state index in [1.807, 2.05) is 152 Å². The first-order valence-electron chi connectivity index (χ1n) is 27.1. The van der Waals surface area contributed by atoms with Crippen LogP contribution in [0.25, 0.3) is 0 Å². The van der Waals surface area contributed by atoms with Crippen molar-refractivity contribution in [2.24, 2.45) is 5.73 Å². The first-order valence-corrected chi connectivity index (χ1v) is 27.1. The lowest BCUT2D eigenvalue weighted by molar-refractivity contribution is -0.138. The molecule has 0 aromatic heterocycles. The van der Waals surface area contributed by atoms with E-state index >= 15 is 0 Å². The highest BCUT2D eigenvalue weighted by atomic mass is 16.6. The minimum Gasteiger partial charge on any atom is -0.480 e. The third kappa shape index (κ3) is 15.4. The van der Waals surface area contributed by atoms with Gasteiger partial charge in [-0.05, 0) is 165 Å². The SMILES string of the molecule is Cc1cc(C)c([C@@H]2N(C(=O)OC(C)(C)C)C(=O)CN2[C@H](C)c2ccccc2)c(C)c1.Cc1cc(C)c([C@@H]2N(C(=O)OC(C)(C)C)C(=O)[C@@H](Cc3ccccc3)N2[C@H](C)c2ccccc2)c(C)c1.N[C@H](Cc1ccccc1)C(=O)O. The molecule has 0 aliphatic carbocycles. The largest absolute Gasteiger partial charge is 0.480 e. The third-order valence-corrected chi connectivity index (χ3v) is 14.1. The molecule has 0 bridgehead atoms. The summed E-state index contributed by atoms with van der Waals surface area (Å²) < 4.78 is 11.4. The number of carboxylic acids is 1. The van der Waals surface area contributed by atoms with Gasteiger partial charge in [0.05, 0.1) is 12.6 Å². The Morgan fingerprint density at radius 3 is 1.37 bits per heavy atom. The number of rotatable bonds is 11. The maximum atomic E-state index is 14.2. The molecular weight excluding hydrogens is 991 g/mol. The predicted molar refractivity (Wildman–Crippen MR) is 311 cm³/mol. The van der Waals surface area contributed by atoms with Crippen LogP contribution in [-0.4, -0.2) is 84.5 Å². The van der Waals surface area contributed by atoms with E-state index < -0.39 is 53.8 Å². The van der Waals surface area contributed by atoms with E-state index in [1.165, 1.54) is 9.80 Å². The number of carbonyl (C=O) groups excluding carboxylic acids is 4. The third-order valence-electron chi connectivity index (χ3n) is 14.1. The maximum absolute atomic E-state index is 14.2. The van der Waals surface area contributed by atoms with Crippen LogP contribution in [-0.2, 0) is 36.7 Å². The Hall–Kier alpha value is -7.45. The van der Waals surface area contributed by atoms with Gasteiger partial charge in [-0.15, -0.1) is 0 Å². The van der Waals surface area contributed by atoms with Crippen molar-refractivity contribution in [3.8, 4) is 0 Å². The lowest BCUT2D eigenvalue weighted by Crippen LogP contribution is -2.41. The first kappa shape index (κ1) is 60.8. The molecule has 13 nitrogen and oxygen atoms in total. The second-order valence-electron chi connectivity index (χ2n) is 22.9. The van der Waals surface area contributed by atoms with Crippen molar-refractivity contribution in [2.75, 3.05) is 6.54 Å². The summed E-state index contributed by atoms with van der Waals surface area (Å²) in [5.41, 5.74) is 16.6. The number of amides is 4. The number of benzene rings is 6. The minimum atomic E-state index is -0.959. The van der Waals surface area contributed by atoms with Crippen LogP contribution in [0.15, 0.2) is 146 Å². The van der Waals surface area contributed by atoms with Gasteiger partial charge >= 0.3 is 18.2 Å². The first-order chi connectivity index (χ1) is 37.2. The molecule has 0 spiro atoms. The van der Waals surface area contributed by atoms with E-state index in [4.69, 9.17) is 20.3 Å². The number of carboxylic acid groups (broad SMARTS) is 1. The maximum Gasteiger partial charge on any atom is 0.418 e. The van der Waals surface area contributed by atoms with Crippen molar-refractivity contribution in [3.63, 3.8) is 0 Å². The van der Waals surface area contributed by atoms with Crippen LogP contribution in [0, 0.1) is 41.5 Å². The number of aliphatic carboxylic acids is 1. The van der Waals surface area contributed by atoms with Gasteiger partial charge in [0.1, 0.15) is 29.6 Å². The van der Waals surface area contributed by atoms with Crippen LogP contribution < -0.4 is 5.73 Å². The molecule has 3 N–H and O–H groups in total. The number of hydrogen-bond acceptors (Lipinski definition) is 10. The lowest BCUT2D eigenvalue weighted by Gasteiger charge is -2.37. The average Bonchev–Trinajstić information content (AvgIpc) is 4.05.